The molecule has 1 rings (SSSR count). The quantitative estimate of drug-likeness (QED) is 0.749. The van der Waals surface area contributed by atoms with Gasteiger partial charge in [0, 0.05) is 12.2 Å². The van der Waals surface area contributed by atoms with Gasteiger partial charge in [-0.05, 0) is 18.2 Å². The molecule has 16 heavy (non-hydrogen) atoms. The Balaban J connectivity index is 2.50. The summed E-state index contributed by atoms with van der Waals surface area (Å²) in [5.74, 6) is 0. The summed E-state index contributed by atoms with van der Waals surface area (Å²) in [5, 5.41) is 22.0. The summed E-state index contributed by atoms with van der Waals surface area (Å²) in [6.45, 7) is 0.306. The van der Waals surface area contributed by atoms with Gasteiger partial charge >= 0.3 is 6.03 Å². The molecule has 0 aliphatic carbocycles. The van der Waals surface area contributed by atoms with Crippen molar-refractivity contribution < 1.29 is 4.79 Å². The van der Waals surface area contributed by atoms with E-state index in [2.05, 4.69) is 10.6 Å². The zero-order valence-corrected chi connectivity index (χ0v) is 8.53. The van der Waals surface area contributed by atoms with Gasteiger partial charge in [0.15, 0.2) is 0 Å². The van der Waals surface area contributed by atoms with E-state index in [4.69, 9.17) is 10.5 Å². The summed E-state index contributed by atoms with van der Waals surface area (Å²) in [6.07, 6.45) is 0.269. The molecule has 2 amide bonds. The summed E-state index contributed by atoms with van der Waals surface area (Å²) in [5.41, 5.74) is 1.03. The minimum absolute atomic E-state index is 0.269. The number of amides is 2. The fraction of sp³-hybridized carbons (Fsp3) is 0.182. The van der Waals surface area contributed by atoms with Crippen molar-refractivity contribution in [2.75, 3.05) is 11.9 Å². The lowest BCUT2D eigenvalue weighted by atomic mass is 10.2. The Morgan fingerprint density at radius 1 is 1.38 bits per heavy atom. The first kappa shape index (κ1) is 11.5. The first-order valence-corrected chi connectivity index (χ1v) is 4.68. The summed E-state index contributed by atoms with van der Waals surface area (Å²) in [7, 11) is 0. The molecular weight excluding hydrogens is 204 g/mol. The number of nitrogens with one attached hydrogen (secondary N) is 2. The van der Waals surface area contributed by atoms with Crippen LogP contribution in [-0.2, 0) is 0 Å². The number of nitriles is 2. The first-order valence-electron chi connectivity index (χ1n) is 4.68. The zero-order chi connectivity index (χ0) is 11.8. The van der Waals surface area contributed by atoms with Crippen LogP contribution < -0.4 is 10.6 Å². The average molecular weight is 214 g/mol. The third-order valence-electron chi connectivity index (χ3n) is 1.77. The Hall–Kier alpha value is -2.53. The maximum atomic E-state index is 11.3. The smallest absolute Gasteiger partial charge is 0.319 e. The van der Waals surface area contributed by atoms with Crippen LogP contribution in [0.1, 0.15) is 12.0 Å². The molecule has 0 saturated carbocycles. The van der Waals surface area contributed by atoms with Crippen LogP contribution in [0.4, 0.5) is 10.5 Å². The fourth-order valence-electron chi connectivity index (χ4n) is 1.07. The highest BCUT2D eigenvalue weighted by atomic mass is 16.2. The number of carbonyl (C=O) groups excluding carboxylic acids is 1. The third-order valence-corrected chi connectivity index (χ3v) is 1.77. The minimum Gasteiger partial charge on any atom is -0.337 e. The molecule has 0 spiro atoms. The molecule has 1 aromatic rings. The molecule has 1 aromatic carbocycles. The van der Waals surface area contributed by atoms with Crippen LogP contribution in [0.5, 0.6) is 0 Å². The molecule has 0 saturated heterocycles. The van der Waals surface area contributed by atoms with Crippen molar-refractivity contribution in [3.8, 4) is 12.1 Å². The molecule has 80 valence electrons. The number of hydrogen-bond donors (Lipinski definition) is 2. The number of hydrogen-bond acceptors (Lipinski definition) is 3. The van der Waals surface area contributed by atoms with Gasteiger partial charge in [-0.1, -0.05) is 6.07 Å². The number of carbonyl (C=O) groups is 1. The number of nitrogens with zero attached hydrogens (tertiary/aromatic N) is 2. The molecule has 0 aromatic heterocycles. The van der Waals surface area contributed by atoms with Crippen LogP contribution in [0.25, 0.3) is 0 Å². The van der Waals surface area contributed by atoms with Crippen LogP contribution in [0.3, 0.4) is 0 Å². The van der Waals surface area contributed by atoms with E-state index in [9.17, 15) is 4.79 Å². The third kappa shape index (κ3) is 3.69. The minimum atomic E-state index is -0.384. The lowest BCUT2D eigenvalue weighted by Gasteiger charge is -2.05. The van der Waals surface area contributed by atoms with Gasteiger partial charge in [-0.25, -0.2) is 4.79 Å². The predicted molar refractivity (Wildman–Crippen MR) is 58.4 cm³/mol. The van der Waals surface area contributed by atoms with Gasteiger partial charge in [-0.15, -0.1) is 0 Å². The Morgan fingerprint density at radius 2 is 2.19 bits per heavy atom. The van der Waals surface area contributed by atoms with Gasteiger partial charge in [0.2, 0.25) is 0 Å². The van der Waals surface area contributed by atoms with E-state index in [0.29, 0.717) is 17.8 Å². The SMILES string of the molecule is N#CCCNC(=O)Nc1cccc(C#N)c1. The lowest BCUT2D eigenvalue weighted by Crippen LogP contribution is -2.29. The van der Waals surface area contributed by atoms with Gasteiger partial charge < -0.3 is 10.6 Å². The van der Waals surface area contributed by atoms with Crippen molar-refractivity contribution in [3.63, 3.8) is 0 Å². The van der Waals surface area contributed by atoms with Crippen molar-refractivity contribution in [1.29, 1.82) is 10.5 Å². The normalized spacial score (nSPS) is 8.62. The van der Waals surface area contributed by atoms with Crippen LogP contribution in [0.2, 0.25) is 0 Å². The number of urea groups is 1. The standard InChI is InChI=1S/C11H10N4O/c12-5-2-6-14-11(16)15-10-4-1-3-9(7-10)8-13/h1,3-4,7H,2,6H2,(H2,14,15,16). The van der Waals surface area contributed by atoms with E-state index in [1.54, 1.807) is 24.3 Å². The first-order chi connectivity index (χ1) is 7.76. The highest BCUT2D eigenvalue weighted by Crippen LogP contribution is 2.09. The molecule has 0 fully saturated rings. The molecular formula is C11H10N4O. The summed E-state index contributed by atoms with van der Waals surface area (Å²) in [4.78, 5) is 11.3. The molecule has 0 radical (unpaired) electrons. The van der Waals surface area contributed by atoms with Gasteiger partial charge in [-0.2, -0.15) is 10.5 Å². The molecule has 0 aliphatic rings. The second kappa shape index (κ2) is 6.05. The van der Waals surface area contributed by atoms with Crippen molar-refractivity contribution in [2.45, 2.75) is 6.42 Å². The monoisotopic (exact) mass is 214 g/mol. The fourth-order valence-corrected chi connectivity index (χ4v) is 1.07. The highest BCUT2D eigenvalue weighted by molar-refractivity contribution is 5.89. The molecule has 5 nitrogen and oxygen atoms in total. The number of rotatable bonds is 3. The van der Waals surface area contributed by atoms with Crippen molar-refractivity contribution in [2.24, 2.45) is 0 Å². The molecule has 2 N–H and O–H groups in total. The number of anilines is 1. The van der Waals surface area contributed by atoms with Crippen LogP contribution >= 0.6 is 0 Å². The van der Waals surface area contributed by atoms with Gasteiger partial charge in [0.1, 0.15) is 0 Å². The van der Waals surface area contributed by atoms with E-state index in [-0.39, 0.29) is 12.5 Å². The highest BCUT2D eigenvalue weighted by Gasteiger charge is 2.00. The molecule has 0 heterocycles. The van der Waals surface area contributed by atoms with Crippen molar-refractivity contribution in [3.05, 3.63) is 29.8 Å². The summed E-state index contributed by atoms with van der Waals surface area (Å²) >= 11 is 0. The van der Waals surface area contributed by atoms with Crippen molar-refractivity contribution >= 4 is 11.7 Å². The Morgan fingerprint density at radius 3 is 2.88 bits per heavy atom. The molecule has 0 atom stereocenters. The topological polar surface area (TPSA) is 88.7 Å². The lowest BCUT2D eigenvalue weighted by molar-refractivity contribution is 0.252. The average Bonchev–Trinajstić information content (AvgIpc) is 2.29. The van der Waals surface area contributed by atoms with E-state index in [1.165, 1.54) is 0 Å². The maximum Gasteiger partial charge on any atom is 0.319 e. The van der Waals surface area contributed by atoms with E-state index in [1.807, 2.05) is 12.1 Å². The zero-order valence-electron chi connectivity index (χ0n) is 8.53. The second-order valence-electron chi connectivity index (χ2n) is 2.98. The van der Waals surface area contributed by atoms with E-state index in [0.717, 1.165) is 0 Å². The molecule has 0 aliphatic heterocycles. The van der Waals surface area contributed by atoms with Gasteiger partial charge in [0.05, 0.1) is 24.1 Å². The van der Waals surface area contributed by atoms with E-state index < -0.39 is 0 Å². The second-order valence-corrected chi connectivity index (χ2v) is 2.98. The van der Waals surface area contributed by atoms with E-state index >= 15 is 0 Å². The Labute approximate surface area is 93.3 Å². The van der Waals surface area contributed by atoms with Gasteiger partial charge in [0.25, 0.3) is 0 Å². The van der Waals surface area contributed by atoms with Crippen LogP contribution in [-0.4, -0.2) is 12.6 Å². The Bertz CT molecular complexity index is 456. The van der Waals surface area contributed by atoms with Crippen LogP contribution in [0, 0.1) is 22.7 Å². The Kier molecular flexibility index (Phi) is 4.36. The maximum absolute atomic E-state index is 11.3. The predicted octanol–water partition coefficient (Wildman–Crippen LogP) is 1.59. The van der Waals surface area contributed by atoms with Crippen LogP contribution in [0.15, 0.2) is 24.3 Å². The largest absolute Gasteiger partial charge is 0.337 e. The van der Waals surface area contributed by atoms with Crippen molar-refractivity contribution in [1.82, 2.24) is 5.32 Å². The molecule has 0 unspecified atom stereocenters. The molecule has 0 bridgehead atoms. The number of benzene rings is 1. The molecule has 5 heteroatoms. The van der Waals surface area contributed by atoms with Gasteiger partial charge in [-0.3, -0.25) is 0 Å². The summed E-state index contributed by atoms with van der Waals surface area (Å²) in [6, 6.07) is 10.1. The summed E-state index contributed by atoms with van der Waals surface area (Å²) < 4.78 is 0.